The standard InChI is InChI=1S/C16H17BrClNO2/c1-20-14-8-7-12(16(21-2)15(14)18)13(19)9-10-3-5-11(17)6-4-10/h3-8,13H,9,19H2,1-2H3. The first-order chi connectivity index (χ1) is 10.1. The topological polar surface area (TPSA) is 44.5 Å². The summed E-state index contributed by atoms with van der Waals surface area (Å²) in [6.45, 7) is 0. The minimum atomic E-state index is -0.204. The molecular weight excluding hydrogens is 354 g/mol. The van der Waals surface area contributed by atoms with E-state index < -0.39 is 0 Å². The molecular formula is C16H17BrClNO2. The van der Waals surface area contributed by atoms with Crippen LogP contribution in [-0.2, 0) is 6.42 Å². The summed E-state index contributed by atoms with van der Waals surface area (Å²) in [5.74, 6) is 1.15. The predicted molar refractivity (Wildman–Crippen MR) is 89.3 cm³/mol. The zero-order valence-corrected chi connectivity index (χ0v) is 14.2. The molecule has 0 amide bonds. The average molecular weight is 371 g/mol. The van der Waals surface area contributed by atoms with Gasteiger partial charge in [-0.3, -0.25) is 0 Å². The first-order valence-corrected chi connectivity index (χ1v) is 7.64. The van der Waals surface area contributed by atoms with Crippen LogP contribution in [0.15, 0.2) is 40.9 Å². The highest BCUT2D eigenvalue weighted by atomic mass is 79.9. The van der Waals surface area contributed by atoms with Gasteiger partial charge in [0.25, 0.3) is 0 Å². The van der Waals surface area contributed by atoms with E-state index in [0.717, 1.165) is 15.6 Å². The van der Waals surface area contributed by atoms with E-state index in [4.69, 9.17) is 26.8 Å². The van der Waals surface area contributed by atoms with Gasteiger partial charge in [0.2, 0.25) is 0 Å². The molecule has 0 spiro atoms. The van der Waals surface area contributed by atoms with Crippen molar-refractivity contribution in [2.75, 3.05) is 14.2 Å². The second-order valence-corrected chi connectivity index (χ2v) is 5.94. The van der Waals surface area contributed by atoms with Crippen molar-refractivity contribution >= 4 is 27.5 Å². The molecule has 0 heterocycles. The van der Waals surface area contributed by atoms with E-state index in [1.54, 1.807) is 14.2 Å². The van der Waals surface area contributed by atoms with E-state index in [2.05, 4.69) is 15.9 Å². The molecule has 3 nitrogen and oxygen atoms in total. The molecule has 0 aliphatic heterocycles. The van der Waals surface area contributed by atoms with Crippen molar-refractivity contribution in [1.29, 1.82) is 0 Å². The summed E-state index contributed by atoms with van der Waals surface area (Å²) in [4.78, 5) is 0. The Morgan fingerprint density at radius 1 is 1.10 bits per heavy atom. The van der Waals surface area contributed by atoms with Crippen LogP contribution < -0.4 is 15.2 Å². The molecule has 2 aromatic rings. The van der Waals surface area contributed by atoms with Gasteiger partial charge in [-0.15, -0.1) is 0 Å². The Hall–Kier alpha value is -1.23. The van der Waals surface area contributed by atoms with E-state index in [-0.39, 0.29) is 6.04 Å². The fourth-order valence-electron chi connectivity index (χ4n) is 2.19. The number of hydrogen-bond acceptors (Lipinski definition) is 3. The molecule has 1 atom stereocenters. The van der Waals surface area contributed by atoms with Gasteiger partial charge in [0.1, 0.15) is 16.5 Å². The average Bonchev–Trinajstić information content (AvgIpc) is 2.49. The lowest BCUT2D eigenvalue weighted by Gasteiger charge is -2.18. The van der Waals surface area contributed by atoms with Crippen molar-refractivity contribution in [3.8, 4) is 11.5 Å². The van der Waals surface area contributed by atoms with E-state index in [9.17, 15) is 0 Å². The molecule has 21 heavy (non-hydrogen) atoms. The Morgan fingerprint density at radius 2 is 1.76 bits per heavy atom. The molecule has 0 aliphatic rings. The van der Waals surface area contributed by atoms with E-state index in [1.165, 1.54) is 0 Å². The van der Waals surface area contributed by atoms with Crippen LogP contribution in [0.25, 0.3) is 0 Å². The van der Waals surface area contributed by atoms with Crippen LogP contribution in [0, 0.1) is 0 Å². The zero-order chi connectivity index (χ0) is 15.4. The van der Waals surface area contributed by atoms with Gasteiger partial charge in [-0.2, -0.15) is 0 Å². The summed E-state index contributed by atoms with van der Waals surface area (Å²) >= 11 is 9.69. The number of rotatable bonds is 5. The molecule has 1 unspecified atom stereocenters. The number of halogens is 2. The molecule has 0 saturated heterocycles. The van der Waals surface area contributed by atoms with Crippen LogP contribution in [0.4, 0.5) is 0 Å². The number of nitrogens with two attached hydrogens (primary N) is 1. The number of methoxy groups -OCH3 is 2. The lowest BCUT2D eigenvalue weighted by atomic mass is 9.98. The van der Waals surface area contributed by atoms with E-state index in [0.29, 0.717) is 22.9 Å². The Kier molecular flexibility index (Phi) is 5.51. The Balaban J connectivity index is 2.28. The van der Waals surface area contributed by atoms with Crippen molar-refractivity contribution in [1.82, 2.24) is 0 Å². The molecule has 0 saturated carbocycles. The molecule has 2 N–H and O–H groups in total. The summed E-state index contributed by atoms with van der Waals surface area (Å²) in [6, 6.07) is 11.6. The molecule has 112 valence electrons. The fraction of sp³-hybridized carbons (Fsp3) is 0.250. The van der Waals surface area contributed by atoms with Gasteiger partial charge >= 0.3 is 0 Å². The molecule has 2 aromatic carbocycles. The van der Waals surface area contributed by atoms with Crippen molar-refractivity contribution in [2.45, 2.75) is 12.5 Å². The van der Waals surface area contributed by atoms with Crippen molar-refractivity contribution < 1.29 is 9.47 Å². The summed E-state index contributed by atoms with van der Waals surface area (Å²) in [6.07, 6.45) is 0.701. The number of ether oxygens (including phenoxy) is 2. The molecule has 2 rings (SSSR count). The summed E-state index contributed by atoms with van der Waals surface area (Å²) < 4.78 is 11.6. The van der Waals surface area contributed by atoms with E-state index >= 15 is 0 Å². The van der Waals surface area contributed by atoms with Crippen LogP contribution >= 0.6 is 27.5 Å². The maximum Gasteiger partial charge on any atom is 0.146 e. The largest absolute Gasteiger partial charge is 0.495 e. The highest BCUT2D eigenvalue weighted by molar-refractivity contribution is 9.10. The van der Waals surface area contributed by atoms with Crippen molar-refractivity contribution in [3.05, 3.63) is 57.0 Å². The normalized spacial score (nSPS) is 12.0. The lowest BCUT2D eigenvalue weighted by Crippen LogP contribution is -2.14. The van der Waals surface area contributed by atoms with Crippen LogP contribution in [0.2, 0.25) is 5.02 Å². The molecule has 0 radical (unpaired) electrons. The second-order valence-electron chi connectivity index (χ2n) is 4.64. The van der Waals surface area contributed by atoms with Crippen molar-refractivity contribution in [3.63, 3.8) is 0 Å². The van der Waals surface area contributed by atoms with Crippen LogP contribution in [0.3, 0.4) is 0 Å². The molecule has 5 heteroatoms. The monoisotopic (exact) mass is 369 g/mol. The first-order valence-electron chi connectivity index (χ1n) is 6.47. The van der Waals surface area contributed by atoms with E-state index in [1.807, 2.05) is 36.4 Å². The third kappa shape index (κ3) is 3.70. The Morgan fingerprint density at radius 3 is 2.33 bits per heavy atom. The minimum absolute atomic E-state index is 0.204. The SMILES string of the molecule is COc1ccc(C(N)Cc2ccc(Br)cc2)c(OC)c1Cl. The van der Waals surface area contributed by atoms with Gasteiger partial charge in [-0.1, -0.05) is 39.7 Å². The molecule has 0 aliphatic carbocycles. The van der Waals surface area contributed by atoms with Gasteiger partial charge in [0.05, 0.1) is 14.2 Å². The van der Waals surface area contributed by atoms with Gasteiger partial charge in [-0.05, 0) is 36.2 Å². The summed E-state index contributed by atoms with van der Waals surface area (Å²) in [5.41, 5.74) is 8.33. The van der Waals surface area contributed by atoms with Gasteiger partial charge in [0, 0.05) is 16.1 Å². The summed E-state index contributed by atoms with van der Waals surface area (Å²) in [5, 5.41) is 0.448. The number of hydrogen-bond donors (Lipinski definition) is 1. The maximum atomic E-state index is 6.31. The Bertz CT molecular complexity index is 616. The smallest absolute Gasteiger partial charge is 0.146 e. The predicted octanol–water partition coefficient (Wildman–Crippen LogP) is 4.36. The highest BCUT2D eigenvalue weighted by Crippen LogP contribution is 2.39. The number of benzene rings is 2. The van der Waals surface area contributed by atoms with Crippen molar-refractivity contribution in [2.24, 2.45) is 5.73 Å². The van der Waals surface area contributed by atoms with Gasteiger partial charge < -0.3 is 15.2 Å². The van der Waals surface area contributed by atoms with Crippen LogP contribution in [-0.4, -0.2) is 14.2 Å². The fourth-order valence-corrected chi connectivity index (χ4v) is 2.79. The summed E-state index contributed by atoms with van der Waals surface area (Å²) in [7, 11) is 3.15. The Labute approximate surface area is 138 Å². The third-order valence-corrected chi connectivity index (χ3v) is 4.17. The zero-order valence-electron chi connectivity index (χ0n) is 11.9. The second kappa shape index (κ2) is 7.16. The molecule has 0 fully saturated rings. The van der Waals surface area contributed by atoms with Crippen LogP contribution in [0.1, 0.15) is 17.2 Å². The van der Waals surface area contributed by atoms with Crippen LogP contribution in [0.5, 0.6) is 11.5 Å². The molecule has 0 aromatic heterocycles. The van der Waals surface area contributed by atoms with Gasteiger partial charge in [-0.25, -0.2) is 0 Å². The lowest BCUT2D eigenvalue weighted by molar-refractivity contribution is 0.389. The highest BCUT2D eigenvalue weighted by Gasteiger charge is 2.18. The molecule has 0 bridgehead atoms. The first kappa shape index (κ1) is 16.1. The third-order valence-electron chi connectivity index (χ3n) is 3.28. The minimum Gasteiger partial charge on any atom is -0.495 e. The maximum absolute atomic E-state index is 6.31. The quantitative estimate of drug-likeness (QED) is 0.850. The van der Waals surface area contributed by atoms with Gasteiger partial charge in [0.15, 0.2) is 0 Å².